The van der Waals surface area contributed by atoms with E-state index in [9.17, 15) is 24.9 Å². The van der Waals surface area contributed by atoms with Gasteiger partial charge in [-0.3, -0.25) is 9.59 Å². The summed E-state index contributed by atoms with van der Waals surface area (Å²) in [6.07, 6.45) is 0.0476. The molecule has 0 aromatic rings. The molecular weight excluding hydrogens is 754 g/mol. The molecule has 2 fully saturated rings. The number of aliphatic hydroxyl groups is 3. The van der Waals surface area contributed by atoms with E-state index < -0.39 is 115 Å². The van der Waals surface area contributed by atoms with E-state index in [1.165, 1.54) is 14.2 Å². The Morgan fingerprint density at radius 3 is 2.22 bits per heavy atom. The van der Waals surface area contributed by atoms with Crippen LogP contribution in [-0.4, -0.2) is 159 Å². The van der Waals surface area contributed by atoms with Crippen molar-refractivity contribution in [2.75, 3.05) is 41.5 Å². The Bertz CT molecular complexity index is 1420. The Morgan fingerprint density at radius 2 is 1.59 bits per heavy atom. The van der Waals surface area contributed by atoms with E-state index >= 15 is 0 Å². The maximum absolute atomic E-state index is 14.1. The van der Waals surface area contributed by atoms with Gasteiger partial charge >= 0.3 is 5.97 Å². The summed E-state index contributed by atoms with van der Waals surface area (Å²) in [5, 5.41) is 33.2. The molecule has 6 unspecified atom stereocenters. The van der Waals surface area contributed by atoms with Crippen molar-refractivity contribution in [3.05, 3.63) is 48.8 Å². The summed E-state index contributed by atoms with van der Waals surface area (Å²) in [6, 6.07) is -0.690. The molecule has 0 aromatic carbocycles. The number of likely N-dealkylation sites (N-methyl/N-ethyl adjacent to an activating group) is 1. The maximum atomic E-state index is 14.1. The van der Waals surface area contributed by atoms with Crippen LogP contribution >= 0.6 is 0 Å². The zero-order valence-electron chi connectivity index (χ0n) is 35.9. The number of rotatable bonds is 10. The Morgan fingerprint density at radius 1 is 0.914 bits per heavy atom. The predicted octanol–water partition coefficient (Wildman–Crippen LogP) is 3.10. The number of hydrogen-bond donors (Lipinski definition) is 3. The lowest BCUT2D eigenvalue weighted by Crippen LogP contribution is -2.63. The third-order valence-corrected chi connectivity index (χ3v) is 11.9. The summed E-state index contributed by atoms with van der Waals surface area (Å²) in [7, 11) is 6.51. The van der Waals surface area contributed by atoms with Crippen molar-refractivity contribution >= 4 is 11.8 Å². The molecule has 0 spiro atoms. The summed E-state index contributed by atoms with van der Waals surface area (Å²) in [6.45, 7) is 15.1. The molecule has 4 aliphatic rings. The van der Waals surface area contributed by atoms with Gasteiger partial charge in [-0.1, -0.05) is 44.6 Å². The minimum absolute atomic E-state index is 0.0476. The Hall–Kier alpha value is -2.54. The van der Waals surface area contributed by atoms with E-state index in [2.05, 4.69) is 6.58 Å². The molecular formula is C43H69NO14. The fourth-order valence-electron chi connectivity index (χ4n) is 8.35. The Labute approximate surface area is 344 Å². The first kappa shape index (κ1) is 48.1. The SMILES string of the molecule is C=CC1COC=C[C@H]2C[C@@H](C)C(=O)C=CC(C)=C[C@H](CO[C@@H]3OC(C)[C@@H](O)[C@H](OC)C3OC)[C@@H](CC)OC(=O)C[C@@H](O1)[C@H](C)[C@H]2O[C@@H]1OC(C)[C@@H](O)C(N(C)C)C1O. The highest BCUT2D eigenvalue weighted by Crippen LogP contribution is 2.36. The van der Waals surface area contributed by atoms with Gasteiger partial charge in [0.05, 0.1) is 55.9 Å². The second-order valence-corrected chi connectivity index (χ2v) is 16.4. The van der Waals surface area contributed by atoms with Gasteiger partial charge in [-0.05, 0) is 59.9 Å². The van der Waals surface area contributed by atoms with Gasteiger partial charge in [-0.15, -0.1) is 6.58 Å². The van der Waals surface area contributed by atoms with Crippen LogP contribution in [0.2, 0.25) is 0 Å². The van der Waals surface area contributed by atoms with Crippen molar-refractivity contribution in [2.24, 2.45) is 23.7 Å². The standard InChI is InChI=1S/C43H69NO14/c1-12-30-22-52-17-16-28-19-24(4)31(45)15-14-23(3)18-29(21-53-43-41(51-11)40(50-10)37(48)27(7)55-43)32(13-2)57-34(46)20-33(56-30)25(5)39(28)58-42-38(49)35(44(8)9)36(47)26(6)54-42/h12,14-18,24-30,32-33,35-43,47-49H,1,13,19-22H2,2-11H3/t24-,25+,26?,27?,28+,29-,30?,32-,33-,35?,36-,37-,38?,39-,40+,41?,42+,43-/m1/s1. The Kier molecular flexibility index (Phi) is 18.5. The molecule has 3 N–H and O–H groups in total. The fraction of sp³-hybridized carbons (Fsp3) is 0.767. The molecule has 330 valence electrons. The highest BCUT2D eigenvalue weighted by molar-refractivity contribution is 5.91. The molecule has 15 nitrogen and oxygen atoms in total. The zero-order valence-corrected chi connectivity index (χ0v) is 35.9. The molecule has 18 atom stereocenters. The zero-order chi connectivity index (χ0) is 42.8. The first-order chi connectivity index (χ1) is 27.5. The van der Waals surface area contributed by atoms with Crippen molar-refractivity contribution in [1.29, 1.82) is 0 Å². The second kappa shape index (κ2) is 22.3. The van der Waals surface area contributed by atoms with Gasteiger partial charge in [0.25, 0.3) is 0 Å². The van der Waals surface area contributed by atoms with Crippen LogP contribution in [0.4, 0.5) is 0 Å². The van der Waals surface area contributed by atoms with Crippen LogP contribution in [0, 0.1) is 23.7 Å². The van der Waals surface area contributed by atoms with E-state index in [-0.39, 0.29) is 25.4 Å². The highest BCUT2D eigenvalue weighted by atomic mass is 16.7. The predicted molar refractivity (Wildman–Crippen MR) is 213 cm³/mol. The van der Waals surface area contributed by atoms with Crippen LogP contribution in [0.5, 0.6) is 0 Å². The van der Waals surface area contributed by atoms with Gasteiger partial charge in [-0.2, -0.15) is 0 Å². The van der Waals surface area contributed by atoms with Gasteiger partial charge in [0.15, 0.2) is 18.4 Å². The number of methoxy groups -OCH3 is 2. The van der Waals surface area contributed by atoms with Gasteiger partial charge in [0.2, 0.25) is 0 Å². The molecule has 58 heavy (non-hydrogen) atoms. The number of esters is 1. The number of aliphatic hydroxyl groups excluding tert-OH is 3. The molecule has 2 saturated heterocycles. The summed E-state index contributed by atoms with van der Waals surface area (Å²) in [4.78, 5) is 29.6. The molecule has 0 aliphatic carbocycles. The number of hydrogen-bond acceptors (Lipinski definition) is 15. The fourth-order valence-corrected chi connectivity index (χ4v) is 8.35. The second-order valence-electron chi connectivity index (χ2n) is 16.4. The molecule has 0 amide bonds. The number of fused-ring (bicyclic) bond motifs is 3. The molecule has 4 heterocycles. The van der Waals surface area contributed by atoms with Gasteiger partial charge in [0.1, 0.15) is 43.2 Å². The minimum atomic E-state index is -1.24. The van der Waals surface area contributed by atoms with Gasteiger partial charge < -0.3 is 62.9 Å². The largest absolute Gasteiger partial charge is 0.498 e. The highest BCUT2D eigenvalue weighted by Gasteiger charge is 2.48. The normalized spacial score (nSPS) is 42.4. The molecule has 2 bridgehead atoms. The summed E-state index contributed by atoms with van der Waals surface area (Å²) >= 11 is 0. The lowest BCUT2D eigenvalue weighted by molar-refractivity contribution is -0.304. The number of ketones is 1. The number of ether oxygens (including phenoxy) is 9. The van der Waals surface area contributed by atoms with Crippen molar-refractivity contribution in [2.45, 2.75) is 147 Å². The maximum Gasteiger partial charge on any atom is 0.308 e. The van der Waals surface area contributed by atoms with Gasteiger partial charge in [0, 0.05) is 37.9 Å². The number of carbonyl (C=O) groups is 2. The summed E-state index contributed by atoms with van der Waals surface area (Å²) in [5.41, 5.74) is 0.751. The van der Waals surface area contributed by atoms with Crippen LogP contribution in [-0.2, 0) is 52.2 Å². The van der Waals surface area contributed by atoms with E-state index in [4.69, 9.17) is 42.6 Å². The van der Waals surface area contributed by atoms with Crippen LogP contribution in [0.1, 0.15) is 60.8 Å². The molecule has 0 saturated carbocycles. The van der Waals surface area contributed by atoms with Crippen LogP contribution < -0.4 is 0 Å². The van der Waals surface area contributed by atoms with E-state index in [1.54, 1.807) is 57.3 Å². The lowest BCUT2D eigenvalue weighted by atomic mass is 9.80. The van der Waals surface area contributed by atoms with Crippen molar-refractivity contribution in [3.8, 4) is 0 Å². The number of carbonyl (C=O) groups excluding carboxylic acids is 2. The number of allylic oxidation sites excluding steroid dienone is 3. The molecule has 15 heteroatoms. The van der Waals surface area contributed by atoms with Crippen LogP contribution in [0.15, 0.2) is 48.8 Å². The smallest absolute Gasteiger partial charge is 0.308 e. The third kappa shape index (κ3) is 12.1. The number of nitrogens with zero attached hydrogens (tertiary/aromatic N) is 1. The topological polar surface area (TPSA) is 181 Å². The average Bonchev–Trinajstić information content (AvgIpc) is 3.18. The van der Waals surface area contributed by atoms with E-state index in [0.29, 0.717) is 12.8 Å². The monoisotopic (exact) mass is 823 g/mol. The summed E-state index contributed by atoms with van der Waals surface area (Å²) < 4.78 is 55.1. The minimum Gasteiger partial charge on any atom is -0.498 e. The average molecular weight is 824 g/mol. The molecule has 4 rings (SSSR count). The van der Waals surface area contributed by atoms with Crippen molar-refractivity contribution < 1.29 is 67.5 Å². The van der Waals surface area contributed by atoms with Crippen LogP contribution in [0.25, 0.3) is 0 Å². The lowest BCUT2D eigenvalue weighted by Gasteiger charge is -2.47. The van der Waals surface area contributed by atoms with E-state index in [0.717, 1.165) is 5.57 Å². The molecule has 4 aliphatic heterocycles. The van der Waals surface area contributed by atoms with Crippen LogP contribution in [0.3, 0.4) is 0 Å². The number of cyclic esters (lactones) is 1. The van der Waals surface area contributed by atoms with Gasteiger partial charge in [-0.25, -0.2) is 0 Å². The third-order valence-electron chi connectivity index (χ3n) is 11.9. The van der Waals surface area contributed by atoms with Crippen molar-refractivity contribution in [1.82, 2.24) is 4.90 Å². The first-order valence-corrected chi connectivity index (χ1v) is 20.5. The van der Waals surface area contributed by atoms with Crippen molar-refractivity contribution in [3.63, 3.8) is 0 Å². The molecule has 0 radical (unpaired) electrons. The molecule has 0 aromatic heterocycles. The first-order valence-electron chi connectivity index (χ1n) is 20.5. The Balaban J connectivity index is 1.73. The quantitative estimate of drug-likeness (QED) is 0.216. The summed E-state index contributed by atoms with van der Waals surface area (Å²) in [5.74, 6) is -2.60. The van der Waals surface area contributed by atoms with E-state index in [1.807, 2.05) is 39.8 Å².